The molecule has 2 aromatic rings. The Bertz CT molecular complexity index is 733. The molecule has 2 aromatic carbocycles. The monoisotopic (exact) mass is 322 g/mol. The van der Waals surface area contributed by atoms with Gasteiger partial charge in [0.05, 0.1) is 11.8 Å². The van der Waals surface area contributed by atoms with E-state index in [1.165, 1.54) is 5.01 Å². The molecule has 0 N–H and O–H groups in total. The SMILES string of the molecule is CC(C)(C)OC(=O)N1N=C(c2ccccc2)CC1c1ccccc1. The summed E-state index contributed by atoms with van der Waals surface area (Å²) in [6.45, 7) is 5.58. The Balaban J connectivity index is 1.93. The lowest BCUT2D eigenvalue weighted by Crippen LogP contribution is -2.34. The fourth-order valence-electron chi connectivity index (χ4n) is 2.73. The summed E-state index contributed by atoms with van der Waals surface area (Å²) < 4.78 is 5.54. The molecule has 1 unspecified atom stereocenters. The number of rotatable bonds is 2. The van der Waals surface area contributed by atoms with Gasteiger partial charge in [-0.25, -0.2) is 4.79 Å². The van der Waals surface area contributed by atoms with E-state index in [1.54, 1.807) is 0 Å². The van der Waals surface area contributed by atoms with E-state index in [4.69, 9.17) is 4.74 Å². The van der Waals surface area contributed by atoms with Crippen molar-refractivity contribution in [1.29, 1.82) is 0 Å². The number of amides is 1. The summed E-state index contributed by atoms with van der Waals surface area (Å²) in [4.78, 5) is 12.6. The predicted molar refractivity (Wildman–Crippen MR) is 94.9 cm³/mol. The zero-order valence-corrected chi connectivity index (χ0v) is 14.3. The minimum atomic E-state index is -0.552. The van der Waals surface area contributed by atoms with E-state index in [9.17, 15) is 4.79 Å². The van der Waals surface area contributed by atoms with Gasteiger partial charge in [-0.3, -0.25) is 0 Å². The van der Waals surface area contributed by atoms with Gasteiger partial charge in [0.1, 0.15) is 5.60 Å². The van der Waals surface area contributed by atoms with E-state index in [2.05, 4.69) is 5.10 Å². The molecule has 124 valence electrons. The molecule has 1 aliphatic heterocycles. The van der Waals surface area contributed by atoms with Crippen LogP contribution in [0.2, 0.25) is 0 Å². The molecule has 24 heavy (non-hydrogen) atoms. The van der Waals surface area contributed by atoms with Crippen LogP contribution in [0.15, 0.2) is 65.8 Å². The second-order valence-corrected chi connectivity index (χ2v) is 6.87. The van der Waals surface area contributed by atoms with Gasteiger partial charge >= 0.3 is 6.09 Å². The fourth-order valence-corrected chi connectivity index (χ4v) is 2.73. The van der Waals surface area contributed by atoms with Gasteiger partial charge in [-0.1, -0.05) is 60.7 Å². The van der Waals surface area contributed by atoms with Crippen molar-refractivity contribution in [3.63, 3.8) is 0 Å². The highest BCUT2D eigenvalue weighted by molar-refractivity contribution is 6.02. The topological polar surface area (TPSA) is 41.9 Å². The first-order chi connectivity index (χ1) is 11.4. The summed E-state index contributed by atoms with van der Waals surface area (Å²) in [5.41, 5.74) is 2.43. The molecule has 0 bridgehead atoms. The van der Waals surface area contributed by atoms with E-state index in [0.29, 0.717) is 6.42 Å². The van der Waals surface area contributed by atoms with Crippen molar-refractivity contribution in [1.82, 2.24) is 5.01 Å². The average molecular weight is 322 g/mol. The lowest BCUT2D eigenvalue weighted by Gasteiger charge is -2.26. The highest BCUT2D eigenvalue weighted by Gasteiger charge is 2.35. The standard InChI is InChI=1S/C20H22N2O2/c1-20(2,3)24-19(23)22-18(16-12-8-5-9-13-16)14-17(21-22)15-10-6-4-7-11-15/h4-13,18H,14H2,1-3H3. The van der Waals surface area contributed by atoms with Gasteiger partial charge in [0.25, 0.3) is 0 Å². The smallest absolute Gasteiger partial charge is 0.431 e. The second kappa shape index (κ2) is 6.48. The largest absolute Gasteiger partial charge is 0.442 e. The highest BCUT2D eigenvalue weighted by atomic mass is 16.6. The Morgan fingerprint density at radius 1 is 1.04 bits per heavy atom. The zero-order valence-electron chi connectivity index (χ0n) is 14.3. The minimum absolute atomic E-state index is 0.142. The van der Waals surface area contributed by atoms with Gasteiger partial charge < -0.3 is 4.74 Å². The predicted octanol–water partition coefficient (Wildman–Crippen LogP) is 4.77. The molecule has 1 aliphatic rings. The molecular weight excluding hydrogens is 300 g/mol. The van der Waals surface area contributed by atoms with E-state index >= 15 is 0 Å². The summed E-state index contributed by atoms with van der Waals surface area (Å²) in [6, 6.07) is 19.8. The van der Waals surface area contributed by atoms with Crippen molar-refractivity contribution in [3.05, 3.63) is 71.8 Å². The van der Waals surface area contributed by atoms with Crippen LogP contribution in [0.5, 0.6) is 0 Å². The average Bonchev–Trinajstić information content (AvgIpc) is 3.00. The number of hydrogen-bond donors (Lipinski definition) is 0. The molecule has 0 fully saturated rings. The van der Waals surface area contributed by atoms with Crippen molar-refractivity contribution in [2.24, 2.45) is 5.10 Å². The van der Waals surface area contributed by atoms with Gasteiger partial charge in [-0.2, -0.15) is 10.1 Å². The molecule has 3 rings (SSSR count). The Hall–Kier alpha value is -2.62. The fraction of sp³-hybridized carbons (Fsp3) is 0.300. The number of hydrogen-bond acceptors (Lipinski definition) is 3. The van der Waals surface area contributed by atoms with Crippen LogP contribution in [0, 0.1) is 0 Å². The normalized spacial score (nSPS) is 17.5. The maximum absolute atomic E-state index is 12.6. The number of benzene rings is 2. The first-order valence-corrected chi connectivity index (χ1v) is 8.14. The number of ether oxygens (including phenoxy) is 1. The quantitative estimate of drug-likeness (QED) is 0.799. The maximum atomic E-state index is 12.6. The lowest BCUT2D eigenvalue weighted by molar-refractivity contribution is 0.0195. The molecule has 1 amide bonds. The molecule has 4 nitrogen and oxygen atoms in total. The minimum Gasteiger partial charge on any atom is -0.442 e. The second-order valence-electron chi connectivity index (χ2n) is 6.87. The zero-order chi connectivity index (χ0) is 17.2. The van der Waals surface area contributed by atoms with Crippen LogP contribution in [0.1, 0.15) is 44.4 Å². The molecule has 4 heteroatoms. The van der Waals surface area contributed by atoms with Crippen LogP contribution in [0.25, 0.3) is 0 Å². The summed E-state index contributed by atoms with van der Waals surface area (Å²) in [7, 11) is 0. The molecule has 0 aliphatic carbocycles. The van der Waals surface area contributed by atoms with Gasteiger partial charge in [0.2, 0.25) is 0 Å². The van der Waals surface area contributed by atoms with Crippen molar-refractivity contribution in [2.45, 2.75) is 38.8 Å². The van der Waals surface area contributed by atoms with Gasteiger partial charge in [0.15, 0.2) is 0 Å². The van der Waals surface area contributed by atoms with Crippen LogP contribution >= 0.6 is 0 Å². The summed E-state index contributed by atoms with van der Waals surface area (Å²) in [5.74, 6) is 0. The van der Waals surface area contributed by atoms with Crippen molar-refractivity contribution in [2.75, 3.05) is 0 Å². The molecule has 0 saturated carbocycles. The van der Waals surface area contributed by atoms with Crippen LogP contribution < -0.4 is 0 Å². The van der Waals surface area contributed by atoms with E-state index in [-0.39, 0.29) is 6.04 Å². The van der Waals surface area contributed by atoms with Crippen LogP contribution in [-0.4, -0.2) is 22.4 Å². The summed E-state index contributed by atoms with van der Waals surface area (Å²) >= 11 is 0. The van der Waals surface area contributed by atoms with E-state index in [1.807, 2.05) is 81.4 Å². The van der Waals surface area contributed by atoms with Gasteiger partial charge in [0, 0.05) is 6.42 Å². The molecule has 1 heterocycles. The Labute approximate surface area is 142 Å². The van der Waals surface area contributed by atoms with Crippen molar-refractivity contribution >= 4 is 11.8 Å². The number of hydrazone groups is 1. The summed E-state index contributed by atoms with van der Waals surface area (Å²) in [6.07, 6.45) is 0.259. The Morgan fingerprint density at radius 3 is 2.21 bits per heavy atom. The van der Waals surface area contributed by atoms with Crippen LogP contribution in [0.4, 0.5) is 4.79 Å². The van der Waals surface area contributed by atoms with Crippen LogP contribution in [0.3, 0.4) is 0 Å². The Kier molecular flexibility index (Phi) is 4.38. The van der Waals surface area contributed by atoms with E-state index in [0.717, 1.165) is 16.8 Å². The molecule has 1 atom stereocenters. The third kappa shape index (κ3) is 3.65. The maximum Gasteiger partial charge on any atom is 0.431 e. The van der Waals surface area contributed by atoms with Crippen molar-refractivity contribution < 1.29 is 9.53 Å². The molecule has 0 spiro atoms. The van der Waals surface area contributed by atoms with Gasteiger partial charge in [-0.15, -0.1) is 0 Å². The van der Waals surface area contributed by atoms with Gasteiger partial charge in [-0.05, 0) is 31.9 Å². The molecular formula is C20H22N2O2. The van der Waals surface area contributed by atoms with E-state index < -0.39 is 11.7 Å². The first-order valence-electron chi connectivity index (χ1n) is 8.14. The number of nitrogens with zero attached hydrogens (tertiary/aromatic N) is 2. The first kappa shape index (κ1) is 16.2. The third-order valence-corrected chi connectivity index (χ3v) is 3.78. The van der Waals surface area contributed by atoms with Crippen molar-refractivity contribution in [3.8, 4) is 0 Å². The number of carbonyl (C=O) groups excluding carboxylic acids is 1. The van der Waals surface area contributed by atoms with Crippen LogP contribution in [-0.2, 0) is 4.74 Å². The summed E-state index contributed by atoms with van der Waals surface area (Å²) in [5, 5.41) is 6.05. The molecule has 0 saturated heterocycles. The molecule has 0 aromatic heterocycles. The highest BCUT2D eigenvalue weighted by Crippen LogP contribution is 2.33. The Morgan fingerprint density at radius 2 is 1.62 bits per heavy atom. The molecule has 0 radical (unpaired) electrons. The lowest BCUT2D eigenvalue weighted by atomic mass is 9.99. The third-order valence-electron chi connectivity index (χ3n) is 3.78. The number of carbonyl (C=O) groups is 1.